The van der Waals surface area contributed by atoms with Crippen molar-refractivity contribution in [3.8, 4) is 6.07 Å². The minimum Gasteiger partial charge on any atom is -0.466 e. The van der Waals surface area contributed by atoms with Gasteiger partial charge in [-0.15, -0.1) is 0 Å². The average Bonchev–Trinajstić information content (AvgIpc) is 3.03. The van der Waals surface area contributed by atoms with Gasteiger partial charge in [0.2, 0.25) is 0 Å². The quantitative estimate of drug-likeness (QED) is 0.804. The zero-order valence-corrected chi connectivity index (χ0v) is 11.6. The third kappa shape index (κ3) is 2.52. The van der Waals surface area contributed by atoms with Crippen molar-refractivity contribution >= 4 is 11.8 Å². The Morgan fingerprint density at radius 3 is 2.45 bits per heavy atom. The highest BCUT2D eigenvalue weighted by atomic mass is 16.3. The van der Waals surface area contributed by atoms with Gasteiger partial charge in [-0.2, -0.15) is 5.26 Å². The minimum absolute atomic E-state index is 0.375. The molecule has 1 fully saturated rings. The predicted octanol–water partition coefficient (Wildman–Crippen LogP) is 1.74. The molecule has 2 rings (SSSR count). The lowest BCUT2D eigenvalue weighted by molar-refractivity contribution is -0.128. The Kier molecular flexibility index (Phi) is 3.79. The molecular formula is C14H17N3O3. The fourth-order valence-electron chi connectivity index (χ4n) is 2.52. The molecule has 20 heavy (non-hydrogen) atoms. The predicted molar refractivity (Wildman–Crippen MR) is 70.3 cm³/mol. The first-order valence-corrected chi connectivity index (χ1v) is 6.57. The van der Waals surface area contributed by atoms with Crippen molar-refractivity contribution in [3.63, 3.8) is 0 Å². The molecule has 6 heteroatoms. The van der Waals surface area contributed by atoms with Crippen LogP contribution in [-0.4, -0.2) is 11.8 Å². The SMILES string of the molecule is Cc1cc(C(=O)NNC(=O)C2(C#N)CCCC2)c(C)o1. The first kappa shape index (κ1) is 14.1. The van der Waals surface area contributed by atoms with Crippen molar-refractivity contribution in [2.24, 2.45) is 5.41 Å². The molecular weight excluding hydrogens is 258 g/mol. The number of nitriles is 1. The zero-order chi connectivity index (χ0) is 14.8. The molecule has 0 aromatic carbocycles. The van der Waals surface area contributed by atoms with Crippen molar-refractivity contribution in [1.29, 1.82) is 5.26 Å². The second-order valence-corrected chi connectivity index (χ2v) is 5.14. The zero-order valence-electron chi connectivity index (χ0n) is 11.6. The number of hydrazine groups is 1. The van der Waals surface area contributed by atoms with Gasteiger partial charge in [-0.3, -0.25) is 20.4 Å². The summed E-state index contributed by atoms with van der Waals surface area (Å²) >= 11 is 0. The second kappa shape index (κ2) is 5.37. The normalized spacial score (nSPS) is 16.4. The minimum atomic E-state index is -1.01. The lowest BCUT2D eigenvalue weighted by Gasteiger charge is -2.19. The van der Waals surface area contributed by atoms with Crippen LogP contribution in [0, 0.1) is 30.6 Å². The molecule has 1 aromatic heterocycles. The van der Waals surface area contributed by atoms with E-state index in [0.717, 1.165) is 12.8 Å². The summed E-state index contributed by atoms with van der Waals surface area (Å²) in [7, 11) is 0. The van der Waals surface area contributed by atoms with Crippen molar-refractivity contribution in [2.75, 3.05) is 0 Å². The summed E-state index contributed by atoms with van der Waals surface area (Å²) in [6.45, 7) is 3.42. The molecule has 0 radical (unpaired) electrons. The fraction of sp³-hybridized carbons (Fsp3) is 0.500. The van der Waals surface area contributed by atoms with E-state index >= 15 is 0 Å². The molecule has 1 heterocycles. The van der Waals surface area contributed by atoms with E-state index in [2.05, 4.69) is 16.9 Å². The number of nitrogens with zero attached hydrogens (tertiary/aromatic N) is 1. The van der Waals surface area contributed by atoms with Crippen LogP contribution in [0.3, 0.4) is 0 Å². The molecule has 0 aliphatic heterocycles. The first-order chi connectivity index (χ1) is 9.48. The lowest BCUT2D eigenvalue weighted by Crippen LogP contribution is -2.48. The number of furan rings is 1. The van der Waals surface area contributed by atoms with Crippen LogP contribution in [0.25, 0.3) is 0 Å². The van der Waals surface area contributed by atoms with Gasteiger partial charge in [0.25, 0.3) is 11.8 Å². The molecule has 106 valence electrons. The van der Waals surface area contributed by atoms with E-state index in [1.807, 2.05) is 0 Å². The van der Waals surface area contributed by atoms with Crippen LogP contribution in [0.1, 0.15) is 47.6 Å². The first-order valence-electron chi connectivity index (χ1n) is 6.57. The van der Waals surface area contributed by atoms with Crippen LogP contribution < -0.4 is 10.9 Å². The topological polar surface area (TPSA) is 95.1 Å². The number of carbonyl (C=O) groups excluding carboxylic acids is 2. The molecule has 2 N–H and O–H groups in total. The van der Waals surface area contributed by atoms with Crippen LogP contribution in [-0.2, 0) is 4.79 Å². The second-order valence-electron chi connectivity index (χ2n) is 5.14. The number of hydrogen-bond donors (Lipinski definition) is 2. The summed E-state index contributed by atoms with van der Waals surface area (Å²) in [4.78, 5) is 24.0. The van der Waals surface area contributed by atoms with Gasteiger partial charge in [0.15, 0.2) is 0 Å². The van der Waals surface area contributed by atoms with Gasteiger partial charge in [-0.25, -0.2) is 0 Å². The fourth-order valence-corrected chi connectivity index (χ4v) is 2.52. The van der Waals surface area contributed by atoms with Crippen molar-refractivity contribution in [3.05, 3.63) is 23.2 Å². The Labute approximate surface area is 117 Å². The van der Waals surface area contributed by atoms with Gasteiger partial charge in [-0.1, -0.05) is 12.8 Å². The summed E-state index contributed by atoms with van der Waals surface area (Å²) in [6, 6.07) is 3.68. The average molecular weight is 275 g/mol. The molecule has 1 aliphatic carbocycles. The van der Waals surface area contributed by atoms with Crippen LogP contribution in [0.4, 0.5) is 0 Å². The molecule has 0 atom stereocenters. The summed E-state index contributed by atoms with van der Waals surface area (Å²) in [5, 5.41) is 9.18. The van der Waals surface area contributed by atoms with Gasteiger partial charge in [0, 0.05) is 0 Å². The van der Waals surface area contributed by atoms with Gasteiger partial charge in [0.05, 0.1) is 11.6 Å². The van der Waals surface area contributed by atoms with Crippen LogP contribution in [0.2, 0.25) is 0 Å². The summed E-state index contributed by atoms with van der Waals surface area (Å²) in [5.74, 6) is 0.232. The van der Waals surface area contributed by atoms with E-state index in [0.29, 0.717) is 29.9 Å². The van der Waals surface area contributed by atoms with Crippen molar-refractivity contribution in [1.82, 2.24) is 10.9 Å². The smallest absolute Gasteiger partial charge is 0.273 e. The Bertz CT molecular complexity index is 577. The third-order valence-corrected chi connectivity index (χ3v) is 3.68. The lowest BCUT2D eigenvalue weighted by atomic mass is 9.87. The van der Waals surface area contributed by atoms with Crippen molar-refractivity contribution in [2.45, 2.75) is 39.5 Å². The highest BCUT2D eigenvalue weighted by Crippen LogP contribution is 2.37. The molecule has 0 bridgehead atoms. The number of rotatable bonds is 2. The summed E-state index contributed by atoms with van der Waals surface area (Å²) in [6.07, 6.45) is 2.79. The monoisotopic (exact) mass is 275 g/mol. The molecule has 1 aliphatic rings. The van der Waals surface area contributed by atoms with E-state index in [1.54, 1.807) is 19.9 Å². The van der Waals surface area contributed by atoms with E-state index in [9.17, 15) is 14.9 Å². The number of aryl methyl sites for hydroxylation is 2. The standard InChI is InChI=1S/C14H17N3O3/c1-9-7-11(10(2)20-9)12(18)16-17-13(19)14(8-15)5-3-4-6-14/h7H,3-6H2,1-2H3,(H,16,18)(H,17,19). The molecule has 1 aromatic rings. The maximum atomic E-state index is 12.1. The molecule has 2 amide bonds. The molecule has 1 saturated carbocycles. The molecule has 0 unspecified atom stereocenters. The third-order valence-electron chi connectivity index (χ3n) is 3.68. The van der Waals surface area contributed by atoms with Gasteiger partial charge in [-0.05, 0) is 32.8 Å². The van der Waals surface area contributed by atoms with E-state index in [1.165, 1.54) is 0 Å². The van der Waals surface area contributed by atoms with Crippen LogP contribution in [0.5, 0.6) is 0 Å². The maximum Gasteiger partial charge on any atom is 0.273 e. The van der Waals surface area contributed by atoms with Crippen LogP contribution in [0.15, 0.2) is 10.5 Å². The number of nitrogens with one attached hydrogen (secondary N) is 2. The number of carbonyl (C=O) groups is 2. The van der Waals surface area contributed by atoms with Gasteiger partial charge >= 0.3 is 0 Å². The van der Waals surface area contributed by atoms with E-state index in [4.69, 9.17) is 4.42 Å². The summed E-state index contributed by atoms with van der Waals surface area (Å²) in [5.41, 5.74) is 4.06. The Morgan fingerprint density at radius 1 is 1.30 bits per heavy atom. The largest absolute Gasteiger partial charge is 0.466 e. The molecule has 0 spiro atoms. The molecule has 6 nitrogen and oxygen atoms in total. The maximum absolute atomic E-state index is 12.1. The number of hydrogen-bond acceptors (Lipinski definition) is 4. The Balaban J connectivity index is 1.99. The van der Waals surface area contributed by atoms with Crippen LogP contribution >= 0.6 is 0 Å². The van der Waals surface area contributed by atoms with Crippen molar-refractivity contribution < 1.29 is 14.0 Å². The number of amides is 2. The molecule has 0 saturated heterocycles. The van der Waals surface area contributed by atoms with E-state index < -0.39 is 17.2 Å². The Morgan fingerprint density at radius 2 is 1.95 bits per heavy atom. The summed E-state index contributed by atoms with van der Waals surface area (Å²) < 4.78 is 5.26. The Hall–Kier alpha value is -2.29. The highest BCUT2D eigenvalue weighted by Gasteiger charge is 2.41. The van der Waals surface area contributed by atoms with E-state index in [-0.39, 0.29) is 0 Å². The van der Waals surface area contributed by atoms with Gasteiger partial charge in [0.1, 0.15) is 16.9 Å². The van der Waals surface area contributed by atoms with Gasteiger partial charge < -0.3 is 4.42 Å². The highest BCUT2D eigenvalue weighted by molar-refractivity contribution is 5.97.